The van der Waals surface area contributed by atoms with Gasteiger partial charge in [-0.3, -0.25) is 24.0 Å². The summed E-state index contributed by atoms with van der Waals surface area (Å²) in [6.07, 6.45) is 1.14. The fourth-order valence-corrected chi connectivity index (χ4v) is 7.72. The molecule has 5 atom stereocenters. The van der Waals surface area contributed by atoms with Gasteiger partial charge in [0.15, 0.2) is 0 Å². The average molecular weight is 702 g/mol. The van der Waals surface area contributed by atoms with E-state index in [9.17, 15) is 28.8 Å². The van der Waals surface area contributed by atoms with Crippen LogP contribution in [0.25, 0.3) is 0 Å². The largest absolute Gasteiger partial charge is 0.444 e. The summed E-state index contributed by atoms with van der Waals surface area (Å²) in [6.45, 7) is 11.4. The van der Waals surface area contributed by atoms with Gasteiger partial charge in [0.25, 0.3) is 5.91 Å². The summed E-state index contributed by atoms with van der Waals surface area (Å²) in [5.74, 6) is -3.56. The summed E-state index contributed by atoms with van der Waals surface area (Å²) in [6, 6.07) is 14.2. The number of nitrogens with zero attached hydrogens (tertiary/aromatic N) is 1. The van der Waals surface area contributed by atoms with Crippen LogP contribution in [0.4, 0.5) is 4.79 Å². The quantitative estimate of drug-likeness (QED) is 0.233. The molecule has 12 heteroatoms. The lowest BCUT2D eigenvalue weighted by Crippen LogP contribution is -2.60. The molecule has 2 aromatic carbocycles. The van der Waals surface area contributed by atoms with Gasteiger partial charge >= 0.3 is 6.09 Å². The van der Waals surface area contributed by atoms with Crippen LogP contribution in [0.1, 0.15) is 71.1 Å². The Morgan fingerprint density at radius 2 is 1.53 bits per heavy atom. The van der Waals surface area contributed by atoms with Gasteiger partial charge in [0, 0.05) is 13.1 Å². The number of hydrogen-bond acceptors (Lipinski definition) is 7. The van der Waals surface area contributed by atoms with Crippen LogP contribution in [-0.2, 0) is 48.1 Å². The van der Waals surface area contributed by atoms with E-state index in [1.165, 1.54) is 0 Å². The maximum atomic E-state index is 14.5. The number of ether oxygens (including phenoxy) is 1. The number of carbonyl (C=O) groups excluding carboxylic acids is 6. The number of rotatable bonds is 13. The molecule has 2 aromatic rings. The van der Waals surface area contributed by atoms with E-state index < -0.39 is 59.9 Å². The van der Waals surface area contributed by atoms with E-state index in [0.29, 0.717) is 25.8 Å². The third kappa shape index (κ3) is 8.77. The Labute approximate surface area is 299 Å². The molecule has 3 aliphatic rings. The minimum Gasteiger partial charge on any atom is -0.444 e. The van der Waals surface area contributed by atoms with Crippen LogP contribution in [-0.4, -0.2) is 77.2 Å². The van der Waals surface area contributed by atoms with Gasteiger partial charge in [-0.15, -0.1) is 0 Å². The number of hydrogen-bond donors (Lipinski definition) is 4. The molecule has 5 amide bonds. The van der Waals surface area contributed by atoms with E-state index in [-0.39, 0.29) is 42.0 Å². The fraction of sp³-hybridized carbons (Fsp3) is 0.538. The number of ketones is 1. The van der Waals surface area contributed by atoms with Crippen molar-refractivity contribution in [2.24, 2.45) is 23.2 Å². The first-order chi connectivity index (χ1) is 24.1. The summed E-state index contributed by atoms with van der Waals surface area (Å²) in [7, 11) is 0. The highest BCUT2D eigenvalue weighted by molar-refractivity contribution is 6.38. The third-order valence-electron chi connectivity index (χ3n) is 10.4. The maximum absolute atomic E-state index is 14.5. The number of amides is 5. The van der Waals surface area contributed by atoms with Crippen LogP contribution in [0.5, 0.6) is 0 Å². The number of carbonyl (C=O) groups is 6. The molecule has 4 N–H and O–H groups in total. The Hall–Kier alpha value is -4.74. The molecule has 274 valence electrons. The Bertz CT molecular complexity index is 1630. The Kier molecular flexibility index (Phi) is 11.2. The predicted octanol–water partition coefficient (Wildman–Crippen LogP) is 3.06. The van der Waals surface area contributed by atoms with Crippen molar-refractivity contribution in [3.05, 3.63) is 71.3 Å². The first kappa shape index (κ1) is 37.5. The zero-order valence-electron chi connectivity index (χ0n) is 30.4. The molecule has 51 heavy (non-hydrogen) atoms. The zero-order valence-corrected chi connectivity index (χ0v) is 30.4. The van der Waals surface area contributed by atoms with Crippen molar-refractivity contribution in [3.63, 3.8) is 0 Å². The van der Waals surface area contributed by atoms with Crippen LogP contribution in [0.3, 0.4) is 0 Å². The number of nitrogens with one attached hydrogen (secondary N) is 4. The normalized spacial score (nSPS) is 21.4. The monoisotopic (exact) mass is 701 g/mol. The molecular formula is C39H51N5O7. The SMILES string of the molecule is CCCC(NC(=O)C1C2C(CN1C(=O)C(NC(=O)OC(C)(C)C)C1Cc3ccccc3C1)C2(C)C)C(=O)C(=O)NCC(=O)NCc1ccccc1. The number of Topliss-reactive ketones (excluding diaryl/α,β-unsaturated/α-hetero) is 1. The molecule has 1 saturated carbocycles. The highest BCUT2D eigenvalue weighted by atomic mass is 16.6. The molecule has 5 unspecified atom stereocenters. The minimum absolute atomic E-state index is 0.0539. The van der Waals surface area contributed by atoms with E-state index in [0.717, 1.165) is 16.7 Å². The molecule has 0 aromatic heterocycles. The van der Waals surface area contributed by atoms with E-state index in [1.54, 1.807) is 25.7 Å². The van der Waals surface area contributed by atoms with E-state index in [1.807, 2.05) is 61.5 Å². The van der Waals surface area contributed by atoms with E-state index in [2.05, 4.69) is 35.1 Å². The maximum Gasteiger partial charge on any atom is 0.408 e. The molecule has 5 rings (SSSR count). The topological polar surface area (TPSA) is 163 Å². The second-order valence-electron chi connectivity index (χ2n) is 15.6. The van der Waals surface area contributed by atoms with Crippen LogP contribution >= 0.6 is 0 Å². The van der Waals surface area contributed by atoms with Crippen molar-refractivity contribution in [1.29, 1.82) is 0 Å². The van der Waals surface area contributed by atoms with Crippen LogP contribution < -0.4 is 21.3 Å². The highest BCUT2D eigenvalue weighted by Crippen LogP contribution is 2.65. The summed E-state index contributed by atoms with van der Waals surface area (Å²) in [5.41, 5.74) is 2.11. The molecule has 0 spiro atoms. The fourth-order valence-electron chi connectivity index (χ4n) is 7.72. The lowest BCUT2D eigenvalue weighted by molar-refractivity contribution is -0.144. The van der Waals surface area contributed by atoms with Gasteiger partial charge in [0.05, 0.1) is 12.6 Å². The smallest absolute Gasteiger partial charge is 0.408 e. The third-order valence-corrected chi connectivity index (χ3v) is 10.4. The minimum atomic E-state index is -1.15. The Balaban J connectivity index is 1.28. The van der Waals surface area contributed by atoms with Crippen LogP contribution in [0.2, 0.25) is 0 Å². The Morgan fingerprint density at radius 3 is 2.14 bits per heavy atom. The second kappa shape index (κ2) is 15.2. The van der Waals surface area contributed by atoms with Gasteiger partial charge in [-0.2, -0.15) is 0 Å². The predicted molar refractivity (Wildman–Crippen MR) is 190 cm³/mol. The lowest BCUT2D eigenvalue weighted by atomic mass is 9.93. The molecule has 12 nitrogen and oxygen atoms in total. The molecule has 2 fully saturated rings. The summed E-state index contributed by atoms with van der Waals surface area (Å²) >= 11 is 0. The van der Waals surface area contributed by atoms with Crippen LogP contribution in [0.15, 0.2) is 54.6 Å². The van der Waals surface area contributed by atoms with Gasteiger partial charge in [-0.05, 0) is 79.9 Å². The standard InChI is InChI=1S/C39H51N5O7/c1-7-13-28(33(46)35(48)41-21-29(45)40-20-23-14-9-8-10-15-23)42-34(47)32-30-27(39(30,5)6)22-44(32)36(49)31(43-37(50)51-38(2,3)4)26-18-24-16-11-12-17-25(24)19-26/h8-12,14-17,26-28,30-32H,7,13,18-22H2,1-6H3,(H,40,45)(H,41,48)(H,42,47)(H,43,50). The van der Waals surface area contributed by atoms with Crippen molar-refractivity contribution in [3.8, 4) is 0 Å². The molecule has 0 bridgehead atoms. The van der Waals surface area contributed by atoms with Gasteiger partial charge in [0.2, 0.25) is 23.5 Å². The molecule has 1 saturated heterocycles. The molecule has 2 aliphatic carbocycles. The van der Waals surface area contributed by atoms with Crippen molar-refractivity contribution >= 4 is 35.5 Å². The number of alkyl carbamates (subject to hydrolysis) is 1. The molecule has 1 heterocycles. The van der Waals surface area contributed by atoms with Gasteiger partial charge in [-0.25, -0.2) is 4.79 Å². The van der Waals surface area contributed by atoms with E-state index in [4.69, 9.17) is 4.74 Å². The van der Waals surface area contributed by atoms with Gasteiger partial charge < -0.3 is 30.9 Å². The number of piperidine rings is 1. The van der Waals surface area contributed by atoms with Crippen LogP contribution in [0, 0.1) is 23.2 Å². The zero-order chi connectivity index (χ0) is 37.1. The molecular weight excluding hydrogens is 650 g/mol. The average Bonchev–Trinajstić information content (AvgIpc) is 3.43. The number of fused-ring (bicyclic) bond motifs is 2. The second-order valence-corrected chi connectivity index (χ2v) is 15.6. The van der Waals surface area contributed by atoms with Gasteiger partial charge in [-0.1, -0.05) is 81.8 Å². The number of benzene rings is 2. The highest BCUT2D eigenvalue weighted by Gasteiger charge is 2.69. The van der Waals surface area contributed by atoms with Crippen molar-refractivity contribution in [2.75, 3.05) is 13.1 Å². The summed E-state index contributed by atoms with van der Waals surface area (Å²) < 4.78 is 5.55. The van der Waals surface area contributed by atoms with Gasteiger partial charge in [0.1, 0.15) is 17.7 Å². The lowest BCUT2D eigenvalue weighted by Gasteiger charge is -2.35. The molecule has 0 radical (unpaired) electrons. The summed E-state index contributed by atoms with van der Waals surface area (Å²) in [5, 5.41) is 10.7. The first-order valence-electron chi connectivity index (χ1n) is 17.9. The number of likely N-dealkylation sites (tertiary alicyclic amines) is 1. The van der Waals surface area contributed by atoms with Crippen molar-refractivity contribution in [1.82, 2.24) is 26.2 Å². The molecule has 1 aliphatic heterocycles. The van der Waals surface area contributed by atoms with Crippen molar-refractivity contribution in [2.45, 2.75) is 97.5 Å². The van der Waals surface area contributed by atoms with E-state index >= 15 is 0 Å². The summed E-state index contributed by atoms with van der Waals surface area (Å²) in [4.78, 5) is 81.9. The first-order valence-corrected chi connectivity index (χ1v) is 17.9. The van der Waals surface area contributed by atoms with Crippen molar-refractivity contribution < 1.29 is 33.5 Å². The Morgan fingerprint density at radius 1 is 0.902 bits per heavy atom.